The Kier molecular flexibility index (Phi) is 7.19. The van der Waals surface area contributed by atoms with Crippen molar-refractivity contribution >= 4 is 15.9 Å². The molecule has 0 saturated carbocycles. The summed E-state index contributed by atoms with van der Waals surface area (Å²) >= 11 is 0. The maximum absolute atomic E-state index is 14.3. The first-order chi connectivity index (χ1) is 17.4. The lowest BCUT2D eigenvalue weighted by atomic mass is 10.1. The normalized spacial score (nSPS) is 18.6. The molecule has 1 aromatic carbocycles. The van der Waals surface area contributed by atoms with Crippen LogP contribution in [0.1, 0.15) is 17.9 Å². The number of aromatic nitrogens is 3. The molecule has 4 rings (SSSR count). The molecule has 3 heterocycles. The lowest BCUT2D eigenvalue weighted by Crippen LogP contribution is -2.45. The number of carbonyl (C=O) groups excluding carboxylic acids is 1. The molecule has 2 aromatic heterocycles. The van der Waals surface area contributed by atoms with Crippen molar-refractivity contribution in [3.05, 3.63) is 72.1 Å². The molecule has 3 aromatic rings. The summed E-state index contributed by atoms with van der Waals surface area (Å²) in [7, 11) is -4.32. The van der Waals surface area contributed by atoms with Gasteiger partial charge < -0.3 is 5.32 Å². The third kappa shape index (κ3) is 5.72. The van der Waals surface area contributed by atoms with E-state index < -0.39 is 64.7 Å². The fraction of sp³-hybridized carbons (Fsp3) is 0.273. The molecule has 0 radical (unpaired) electrons. The lowest BCUT2D eigenvalue weighted by molar-refractivity contribution is -0.145. The molecular formula is C22H17F6N5O3S. The standard InChI is InChI=1S/C22H17F6N5O3S/c23-13-1-3-16(4-2-13)37(35,36)33-11-14(24)5-19(33)20(34)30-9-15-6-17(18(25)10-29-15)12-7-31-21(32-8-12)22(26,27)28/h1-4,6-8,10,14,19H,5,9,11H2,(H,30,34). The van der Waals surface area contributed by atoms with Crippen LogP contribution in [0.15, 0.2) is 53.8 Å². The molecule has 1 aliphatic rings. The van der Waals surface area contributed by atoms with E-state index in [1.165, 1.54) is 0 Å². The maximum Gasteiger partial charge on any atom is 0.451 e. The van der Waals surface area contributed by atoms with Crippen LogP contribution in [0.2, 0.25) is 0 Å². The SMILES string of the molecule is O=C(NCc1cc(-c2cnc(C(F)(F)F)nc2)c(F)cn1)C1CC(F)CN1S(=O)(=O)c1ccc(F)cc1. The predicted molar refractivity (Wildman–Crippen MR) is 116 cm³/mol. The van der Waals surface area contributed by atoms with Gasteiger partial charge in [-0.3, -0.25) is 9.78 Å². The number of carbonyl (C=O) groups is 1. The summed E-state index contributed by atoms with van der Waals surface area (Å²) in [6.07, 6.45) is -4.46. The molecular weight excluding hydrogens is 528 g/mol. The van der Waals surface area contributed by atoms with Crippen LogP contribution in [0, 0.1) is 11.6 Å². The van der Waals surface area contributed by atoms with Crippen molar-refractivity contribution in [3.8, 4) is 11.1 Å². The summed E-state index contributed by atoms with van der Waals surface area (Å²) in [5.74, 6) is -3.81. The maximum atomic E-state index is 14.3. The highest BCUT2D eigenvalue weighted by Gasteiger charge is 2.44. The molecule has 2 atom stereocenters. The van der Waals surface area contributed by atoms with Crippen molar-refractivity contribution in [2.24, 2.45) is 0 Å². The van der Waals surface area contributed by atoms with Gasteiger partial charge in [0.1, 0.15) is 23.8 Å². The zero-order valence-corrected chi connectivity index (χ0v) is 19.4. The number of hydrogen-bond donors (Lipinski definition) is 1. The van der Waals surface area contributed by atoms with Crippen molar-refractivity contribution < 1.29 is 39.6 Å². The first-order valence-corrected chi connectivity index (χ1v) is 12.0. The molecule has 15 heteroatoms. The first kappa shape index (κ1) is 26.5. The molecule has 0 bridgehead atoms. The predicted octanol–water partition coefficient (Wildman–Crippen LogP) is 3.25. The van der Waals surface area contributed by atoms with Crippen molar-refractivity contribution in [2.75, 3.05) is 6.54 Å². The smallest absolute Gasteiger partial charge is 0.349 e. The topological polar surface area (TPSA) is 105 Å². The minimum atomic E-state index is -4.78. The van der Waals surface area contributed by atoms with Crippen LogP contribution in [0.3, 0.4) is 0 Å². The summed E-state index contributed by atoms with van der Waals surface area (Å²) in [6, 6.07) is 3.59. The van der Waals surface area contributed by atoms with Crippen molar-refractivity contribution in [1.29, 1.82) is 0 Å². The molecule has 1 saturated heterocycles. The van der Waals surface area contributed by atoms with E-state index in [2.05, 4.69) is 20.3 Å². The van der Waals surface area contributed by atoms with E-state index in [0.717, 1.165) is 48.9 Å². The van der Waals surface area contributed by atoms with E-state index in [4.69, 9.17) is 0 Å². The zero-order valence-electron chi connectivity index (χ0n) is 18.6. The third-order valence-electron chi connectivity index (χ3n) is 5.50. The van der Waals surface area contributed by atoms with E-state index in [1.54, 1.807) is 0 Å². The second-order valence-corrected chi connectivity index (χ2v) is 9.93. The number of sulfonamides is 1. The molecule has 2 unspecified atom stereocenters. The average molecular weight is 545 g/mol. The number of hydrogen-bond acceptors (Lipinski definition) is 6. The van der Waals surface area contributed by atoms with Crippen LogP contribution in [0.25, 0.3) is 11.1 Å². The molecule has 1 aliphatic heterocycles. The van der Waals surface area contributed by atoms with Crippen LogP contribution in [0.4, 0.5) is 26.3 Å². The summed E-state index contributed by atoms with van der Waals surface area (Å²) in [5.41, 5.74) is -0.182. The average Bonchev–Trinajstić information content (AvgIpc) is 3.26. The Morgan fingerprint density at radius 3 is 2.32 bits per heavy atom. The van der Waals surface area contributed by atoms with Gasteiger partial charge in [0.05, 0.1) is 23.3 Å². The van der Waals surface area contributed by atoms with Gasteiger partial charge in [0.25, 0.3) is 0 Å². The number of amides is 1. The van der Waals surface area contributed by atoms with E-state index in [-0.39, 0.29) is 28.3 Å². The van der Waals surface area contributed by atoms with Crippen LogP contribution in [0.5, 0.6) is 0 Å². The Bertz CT molecular complexity index is 1400. The monoisotopic (exact) mass is 545 g/mol. The highest BCUT2D eigenvalue weighted by molar-refractivity contribution is 7.89. The van der Waals surface area contributed by atoms with E-state index in [9.17, 15) is 39.6 Å². The van der Waals surface area contributed by atoms with Gasteiger partial charge in [0, 0.05) is 36.5 Å². The Labute approximate surface area is 206 Å². The highest BCUT2D eigenvalue weighted by atomic mass is 32.2. The summed E-state index contributed by atoms with van der Waals surface area (Å²) < 4.78 is 106. The number of nitrogens with zero attached hydrogens (tertiary/aromatic N) is 4. The minimum absolute atomic E-state index is 0.0758. The number of benzene rings is 1. The largest absolute Gasteiger partial charge is 0.451 e. The molecule has 0 spiro atoms. The van der Waals surface area contributed by atoms with Crippen LogP contribution >= 0.6 is 0 Å². The lowest BCUT2D eigenvalue weighted by Gasteiger charge is -2.23. The van der Waals surface area contributed by atoms with Gasteiger partial charge in [-0.2, -0.15) is 17.5 Å². The Balaban J connectivity index is 1.50. The number of pyridine rings is 1. The van der Waals surface area contributed by atoms with E-state index in [0.29, 0.717) is 4.31 Å². The van der Waals surface area contributed by atoms with Crippen LogP contribution in [-0.2, 0) is 27.5 Å². The van der Waals surface area contributed by atoms with Gasteiger partial charge in [-0.05, 0) is 30.3 Å². The molecule has 1 amide bonds. The Morgan fingerprint density at radius 1 is 1.05 bits per heavy atom. The van der Waals surface area contributed by atoms with Gasteiger partial charge in [0.2, 0.25) is 21.8 Å². The van der Waals surface area contributed by atoms with Crippen LogP contribution < -0.4 is 5.32 Å². The number of rotatable bonds is 6. The molecule has 37 heavy (non-hydrogen) atoms. The number of halogens is 6. The fourth-order valence-corrected chi connectivity index (χ4v) is 5.34. The first-order valence-electron chi connectivity index (χ1n) is 10.6. The van der Waals surface area contributed by atoms with Gasteiger partial charge in [-0.25, -0.2) is 31.6 Å². The second-order valence-electron chi connectivity index (χ2n) is 8.04. The Morgan fingerprint density at radius 2 is 1.70 bits per heavy atom. The van der Waals surface area contributed by atoms with Crippen LogP contribution in [-0.4, -0.2) is 52.3 Å². The van der Waals surface area contributed by atoms with Crippen molar-refractivity contribution in [3.63, 3.8) is 0 Å². The van der Waals surface area contributed by atoms with Gasteiger partial charge in [0.15, 0.2) is 0 Å². The van der Waals surface area contributed by atoms with Gasteiger partial charge in [-0.15, -0.1) is 0 Å². The number of nitrogens with one attached hydrogen (secondary N) is 1. The number of alkyl halides is 4. The molecule has 8 nitrogen and oxygen atoms in total. The van der Waals surface area contributed by atoms with Crippen molar-refractivity contribution in [1.82, 2.24) is 24.6 Å². The molecule has 1 N–H and O–H groups in total. The summed E-state index contributed by atoms with van der Waals surface area (Å²) in [5, 5.41) is 2.41. The van der Waals surface area contributed by atoms with Gasteiger partial charge in [-0.1, -0.05) is 0 Å². The van der Waals surface area contributed by atoms with Gasteiger partial charge >= 0.3 is 6.18 Å². The second kappa shape index (κ2) is 10.0. The minimum Gasteiger partial charge on any atom is -0.349 e. The fourth-order valence-electron chi connectivity index (χ4n) is 3.71. The molecule has 1 fully saturated rings. The summed E-state index contributed by atoms with van der Waals surface area (Å²) in [6.45, 7) is -0.907. The highest BCUT2D eigenvalue weighted by Crippen LogP contribution is 2.29. The quantitative estimate of drug-likeness (QED) is 0.477. The van der Waals surface area contributed by atoms with E-state index in [1.807, 2.05) is 0 Å². The third-order valence-corrected chi connectivity index (χ3v) is 7.39. The van der Waals surface area contributed by atoms with Crippen molar-refractivity contribution in [2.45, 2.75) is 36.3 Å². The molecule has 0 aliphatic carbocycles. The van der Waals surface area contributed by atoms with E-state index >= 15 is 0 Å². The molecule has 196 valence electrons. The summed E-state index contributed by atoms with van der Waals surface area (Å²) in [4.78, 5) is 22.6. The zero-order chi connectivity index (χ0) is 27.0. The Hall–Kier alpha value is -3.59.